The van der Waals surface area contributed by atoms with Gasteiger partial charge in [0.05, 0.1) is 5.56 Å². The first-order valence-corrected chi connectivity index (χ1v) is 8.17. The lowest BCUT2D eigenvalue weighted by Gasteiger charge is -2.10. The number of aromatic nitrogens is 1. The van der Waals surface area contributed by atoms with Gasteiger partial charge in [-0.2, -0.15) is 13.2 Å². The van der Waals surface area contributed by atoms with Gasteiger partial charge in [0.25, 0.3) is 0 Å². The monoisotopic (exact) mass is 362 g/mol. The van der Waals surface area contributed by atoms with Crippen molar-refractivity contribution in [2.24, 2.45) is 5.73 Å². The number of fused-ring (bicyclic) bond motifs is 1. The van der Waals surface area contributed by atoms with Crippen molar-refractivity contribution >= 4 is 29.6 Å². The van der Waals surface area contributed by atoms with Gasteiger partial charge in [-0.1, -0.05) is 24.3 Å². The number of benzene rings is 2. The molecule has 0 aliphatic carbocycles. The maximum Gasteiger partial charge on any atom is 0.416 e. The number of thiol groups is 1. The first-order chi connectivity index (χ1) is 11.9. The molecule has 2 nitrogen and oxygen atoms in total. The molecular weight excluding hydrogens is 345 g/mol. The van der Waals surface area contributed by atoms with E-state index in [1.807, 2.05) is 41.1 Å². The Morgan fingerprint density at radius 2 is 1.88 bits per heavy atom. The molecule has 0 unspecified atom stereocenters. The minimum atomic E-state index is -4.34. The topological polar surface area (TPSA) is 30.9 Å². The molecule has 2 N–H and O–H groups in total. The van der Waals surface area contributed by atoms with Gasteiger partial charge in [0.15, 0.2) is 0 Å². The summed E-state index contributed by atoms with van der Waals surface area (Å²) in [6.07, 6.45) is -0.555. The number of hydrogen-bond acceptors (Lipinski definition) is 2. The van der Waals surface area contributed by atoms with E-state index in [4.69, 9.17) is 5.73 Å². The van der Waals surface area contributed by atoms with Crippen molar-refractivity contribution in [2.45, 2.75) is 12.7 Å². The van der Waals surface area contributed by atoms with Crippen molar-refractivity contribution in [2.75, 3.05) is 6.54 Å². The molecule has 6 heteroatoms. The lowest BCUT2D eigenvalue weighted by Crippen LogP contribution is -2.06. The average molecular weight is 362 g/mol. The fourth-order valence-electron chi connectivity index (χ4n) is 2.79. The maximum absolute atomic E-state index is 12.9. The van der Waals surface area contributed by atoms with E-state index in [2.05, 4.69) is 12.6 Å². The van der Waals surface area contributed by atoms with Crippen molar-refractivity contribution < 1.29 is 13.2 Å². The Labute approximate surface area is 149 Å². The Balaban J connectivity index is 1.97. The summed E-state index contributed by atoms with van der Waals surface area (Å²) in [4.78, 5) is 0.762. The van der Waals surface area contributed by atoms with Crippen molar-refractivity contribution in [3.05, 3.63) is 76.3 Å². The van der Waals surface area contributed by atoms with Crippen LogP contribution >= 0.6 is 12.6 Å². The standard InChI is InChI=1S/C19H17F3N2S/c20-19(21,22)15-5-1-3-13(9-15)12-24-8-7-17-14(10-16(25)11-23)4-2-6-18(17)24/h1-10,25H,11-12,23H2/b16-10+. The van der Waals surface area contributed by atoms with Gasteiger partial charge in [-0.15, -0.1) is 12.6 Å². The van der Waals surface area contributed by atoms with Gasteiger partial charge in [-0.25, -0.2) is 0 Å². The number of halogens is 3. The zero-order chi connectivity index (χ0) is 18.0. The molecule has 25 heavy (non-hydrogen) atoms. The third kappa shape index (κ3) is 3.91. The van der Waals surface area contributed by atoms with Crippen LogP contribution < -0.4 is 5.73 Å². The van der Waals surface area contributed by atoms with Crippen molar-refractivity contribution in [1.82, 2.24) is 4.57 Å². The Kier molecular flexibility index (Phi) is 4.92. The van der Waals surface area contributed by atoms with Gasteiger partial charge in [0.2, 0.25) is 0 Å². The molecule has 0 radical (unpaired) electrons. The Morgan fingerprint density at radius 1 is 1.12 bits per heavy atom. The molecule has 1 aromatic heterocycles. The van der Waals surface area contributed by atoms with E-state index in [9.17, 15) is 13.2 Å². The number of nitrogens with zero attached hydrogens (tertiary/aromatic N) is 1. The van der Waals surface area contributed by atoms with Crippen LogP contribution in [0.25, 0.3) is 17.0 Å². The van der Waals surface area contributed by atoms with Crippen molar-refractivity contribution in [1.29, 1.82) is 0 Å². The SMILES string of the molecule is NC/C(S)=C\c1cccc2c1ccn2Cc1cccc(C(F)(F)F)c1. The fourth-order valence-corrected chi connectivity index (χ4v) is 2.93. The molecular formula is C19H17F3N2S. The summed E-state index contributed by atoms with van der Waals surface area (Å²) in [5.74, 6) is 0. The van der Waals surface area contributed by atoms with Crippen molar-refractivity contribution in [3.8, 4) is 0 Å². The predicted octanol–water partition coefficient (Wildman–Crippen LogP) is 4.94. The van der Waals surface area contributed by atoms with Crippen molar-refractivity contribution in [3.63, 3.8) is 0 Å². The molecule has 1 heterocycles. The highest BCUT2D eigenvalue weighted by atomic mass is 32.1. The molecule has 0 atom stereocenters. The van der Waals surface area contributed by atoms with E-state index in [0.717, 1.165) is 27.4 Å². The minimum absolute atomic E-state index is 0.352. The van der Waals surface area contributed by atoms with Gasteiger partial charge in [-0.3, -0.25) is 0 Å². The van der Waals surface area contributed by atoms with Crippen LogP contribution in [0.3, 0.4) is 0 Å². The molecule has 3 rings (SSSR count). The summed E-state index contributed by atoms with van der Waals surface area (Å²) in [7, 11) is 0. The lowest BCUT2D eigenvalue weighted by atomic mass is 10.1. The molecule has 0 saturated carbocycles. The summed E-state index contributed by atoms with van der Waals surface area (Å²) in [6.45, 7) is 0.718. The summed E-state index contributed by atoms with van der Waals surface area (Å²) in [5, 5.41) is 1.01. The molecule has 0 saturated heterocycles. The summed E-state index contributed by atoms with van der Waals surface area (Å²) in [6, 6.07) is 13.2. The smallest absolute Gasteiger partial charge is 0.343 e. The number of rotatable bonds is 4. The van der Waals surface area contributed by atoms with Gasteiger partial charge < -0.3 is 10.3 Å². The minimum Gasteiger partial charge on any atom is -0.343 e. The van der Waals surface area contributed by atoms with E-state index in [1.165, 1.54) is 12.1 Å². The van der Waals surface area contributed by atoms with Gasteiger partial charge >= 0.3 is 6.18 Å². The van der Waals surface area contributed by atoms with Crippen LogP contribution in [0.2, 0.25) is 0 Å². The summed E-state index contributed by atoms with van der Waals surface area (Å²) >= 11 is 4.31. The van der Waals surface area contributed by atoms with Gasteiger partial charge in [-0.05, 0) is 46.4 Å². The molecule has 0 aliphatic rings. The van der Waals surface area contributed by atoms with E-state index in [0.29, 0.717) is 18.7 Å². The Bertz CT molecular complexity index is 926. The van der Waals surface area contributed by atoms with Crippen LogP contribution in [0.4, 0.5) is 13.2 Å². The van der Waals surface area contributed by atoms with Crippen LogP contribution in [0.1, 0.15) is 16.7 Å². The third-order valence-electron chi connectivity index (χ3n) is 3.99. The van der Waals surface area contributed by atoms with E-state index in [1.54, 1.807) is 6.07 Å². The normalized spacial score (nSPS) is 12.8. The van der Waals surface area contributed by atoms with Crippen LogP contribution in [0, 0.1) is 0 Å². The van der Waals surface area contributed by atoms with Crippen LogP contribution in [0.5, 0.6) is 0 Å². The second-order valence-corrected chi connectivity index (χ2v) is 6.34. The van der Waals surface area contributed by atoms with E-state index >= 15 is 0 Å². The molecule has 130 valence electrons. The molecule has 0 spiro atoms. The third-order valence-corrected chi connectivity index (χ3v) is 4.30. The van der Waals surface area contributed by atoms with Crippen LogP contribution in [-0.2, 0) is 12.7 Å². The van der Waals surface area contributed by atoms with E-state index in [-0.39, 0.29) is 0 Å². The predicted molar refractivity (Wildman–Crippen MR) is 98.5 cm³/mol. The zero-order valence-corrected chi connectivity index (χ0v) is 14.2. The first kappa shape index (κ1) is 17.6. The second kappa shape index (κ2) is 6.98. The highest BCUT2D eigenvalue weighted by molar-refractivity contribution is 7.84. The van der Waals surface area contributed by atoms with Gasteiger partial charge in [0.1, 0.15) is 0 Å². The molecule has 0 bridgehead atoms. The number of alkyl halides is 3. The second-order valence-electron chi connectivity index (χ2n) is 5.76. The van der Waals surface area contributed by atoms with Crippen LogP contribution in [-0.4, -0.2) is 11.1 Å². The largest absolute Gasteiger partial charge is 0.416 e. The molecule has 0 fully saturated rings. The number of nitrogens with two attached hydrogens (primary N) is 1. The molecule has 3 aromatic rings. The summed E-state index contributed by atoms with van der Waals surface area (Å²) in [5.41, 5.74) is 7.48. The van der Waals surface area contributed by atoms with E-state index < -0.39 is 11.7 Å². The van der Waals surface area contributed by atoms with Gasteiger partial charge in [0, 0.05) is 30.2 Å². The maximum atomic E-state index is 12.9. The number of hydrogen-bond donors (Lipinski definition) is 2. The zero-order valence-electron chi connectivity index (χ0n) is 13.3. The highest BCUT2D eigenvalue weighted by Crippen LogP contribution is 2.30. The molecule has 2 aromatic carbocycles. The first-order valence-electron chi connectivity index (χ1n) is 7.72. The highest BCUT2D eigenvalue weighted by Gasteiger charge is 2.30. The van der Waals surface area contributed by atoms with Crippen LogP contribution in [0.15, 0.2) is 59.6 Å². The molecule has 0 amide bonds. The molecule has 0 aliphatic heterocycles. The quantitative estimate of drug-likeness (QED) is 0.633. The average Bonchev–Trinajstić information content (AvgIpc) is 2.98. The summed E-state index contributed by atoms with van der Waals surface area (Å²) < 4.78 is 40.6. The lowest BCUT2D eigenvalue weighted by molar-refractivity contribution is -0.137. The Morgan fingerprint density at radius 3 is 2.60 bits per heavy atom. The fraction of sp³-hybridized carbons (Fsp3) is 0.158. The Hall–Kier alpha value is -2.18.